The zero-order valence-corrected chi connectivity index (χ0v) is 12.5. The minimum Gasteiger partial charge on any atom is -0.475 e. The van der Waals surface area contributed by atoms with Crippen molar-refractivity contribution >= 4 is 0 Å². The van der Waals surface area contributed by atoms with Crippen LogP contribution in [0.15, 0.2) is 12.1 Å². The molecule has 1 aromatic rings. The predicted molar refractivity (Wildman–Crippen MR) is 76.1 cm³/mol. The molecule has 0 aliphatic carbocycles. The molecule has 1 rings (SSSR count). The molecule has 0 radical (unpaired) electrons. The molecule has 0 saturated carbocycles. The molecule has 0 saturated heterocycles. The summed E-state index contributed by atoms with van der Waals surface area (Å²) in [7, 11) is 1.95. The lowest BCUT2D eigenvalue weighted by Crippen LogP contribution is -2.18. The summed E-state index contributed by atoms with van der Waals surface area (Å²) >= 11 is 0. The largest absolute Gasteiger partial charge is 0.475 e. The second-order valence-electron chi connectivity index (χ2n) is 5.82. The molecule has 1 atom stereocenters. The molecular formula is C15H26N2O. The van der Waals surface area contributed by atoms with E-state index in [4.69, 9.17) is 4.74 Å². The van der Waals surface area contributed by atoms with Crippen LogP contribution in [-0.2, 0) is 12.0 Å². The zero-order valence-electron chi connectivity index (χ0n) is 12.5. The van der Waals surface area contributed by atoms with Crippen molar-refractivity contribution in [2.24, 2.45) is 0 Å². The molecule has 1 aromatic heterocycles. The van der Waals surface area contributed by atoms with E-state index in [1.54, 1.807) is 0 Å². The fourth-order valence-corrected chi connectivity index (χ4v) is 1.60. The maximum Gasteiger partial charge on any atom is 0.214 e. The molecule has 0 fully saturated rings. The van der Waals surface area contributed by atoms with Crippen LogP contribution in [0, 0.1) is 0 Å². The summed E-state index contributed by atoms with van der Waals surface area (Å²) in [6.07, 6.45) is 1.19. The Hall–Kier alpha value is -1.09. The lowest BCUT2D eigenvalue weighted by molar-refractivity contribution is 0.207. The number of rotatable bonds is 5. The van der Waals surface area contributed by atoms with Crippen molar-refractivity contribution in [3.8, 4) is 5.88 Å². The maximum absolute atomic E-state index is 5.85. The van der Waals surface area contributed by atoms with Gasteiger partial charge in [-0.1, -0.05) is 27.7 Å². The normalized spacial score (nSPS) is 13.4. The van der Waals surface area contributed by atoms with E-state index in [-0.39, 0.29) is 11.5 Å². The highest BCUT2D eigenvalue weighted by Gasteiger charge is 2.18. The second-order valence-corrected chi connectivity index (χ2v) is 5.82. The molecule has 18 heavy (non-hydrogen) atoms. The highest BCUT2D eigenvalue weighted by Crippen LogP contribution is 2.24. The van der Waals surface area contributed by atoms with Gasteiger partial charge in [-0.15, -0.1) is 0 Å². The van der Waals surface area contributed by atoms with Crippen LogP contribution in [-0.4, -0.2) is 18.1 Å². The Bertz CT molecular complexity index is 383. The quantitative estimate of drug-likeness (QED) is 0.871. The standard InChI is InChI=1S/C15H26N2O/c1-7-11(2)18-14-9-12(10-16-6)8-13(17-14)15(3,4)5/h8-9,11,16H,7,10H2,1-6H3. The van der Waals surface area contributed by atoms with Crippen molar-refractivity contribution in [3.05, 3.63) is 23.4 Å². The second kappa shape index (κ2) is 6.19. The van der Waals surface area contributed by atoms with Crippen LogP contribution >= 0.6 is 0 Å². The molecule has 0 aliphatic heterocycles. The van der Waals surface area contributed by atoms with E-state index in [0.29, 0.717) is 0 Å². The van der Waals surface area contributed by atoms with Gasteiger partial charge in [0, 0.05) is 18.0 Å². The summed E-state index contributed by atoms with van der Waals surface area (Å²) in [4.78, 5) is 4.62. The fourth-order valence-electron chi connectivity index (χ4n) is 1.60. The van der Waals surface area contributed by atoms with Crippen LogP contribution in [0.4, 0.5) is 0 Å². The lowest BCUT2D eigenvalue weighted by atomic mass is 9.91. The average Bonchev–Trinajstić information content (AvgIpc) is 2.27. The third-order valence-corrected chi connectivity index (χ3v) is 2.91. The van der Waals surface area contributed by atoms with E-state index >= 15 is 0 Å². The van der Waals surface area contributed by atoms with Crippen molar-refractivity contribution in [1.29, 1.82) is 0 Å². The van der Waals surface area contributed by atoms with Gasteiger partial charge in [-0.2, -0.15) is 0 Å². The molecule has 1 N–H and O–H groups in total. The molecular weight excluding hydrogens is 224 g/mol. The minimum atomic E-state index is 0.0390. The van der Waals surface area contributed by atoms with Gasteiger partial charge < -0.3 is 10.1 Å². The van der Waals surface area contributed by atoms with Gasteiger partial charge in [0.15, 0.2) is 0 Å². The van der Waals surface area contributed by atoms with Crippen LogP contribution in [0.3, 0.4) is 0 Å². The summed E-state index contributed by atoms with van der Waals surface area (Å²) in [6.45, 7) is 11.5. The van der Waals surface area contributed by atoms with E-state index < -0.39 is 0 Å². The van der Waals surface area contributed by atoms with Crippen molar-refractivity contribution in [3.63, 3.8) is 0 Å². The van der Waals surface area contributed by atoms with Crippen molar-refractivity contribution in [2.45, 2.75) is 59.1 Å². The van der Waals surface area contributed by atoms with Crippen molar-refractivity contribution < 1.29 is 4.74 Å². The summed E-state index contributed by atoms with van der Waals surface area (Å²) in [5, 5.41) is 3.17. The van der Waals surface area contributed by atoms with Gasteiger partial charge in [0.2, 0.25) is 5.88 Å². The number of nitrogens with zero attached hydrogens (tertiary/aromatic N) is 1. The SMILES string of the molecule is CCC(C)Oc1cc(CNC)cc(C(C)(C)C)n1. The summed E-state index contributed by atoms with van der Waals surface area (Å²) < 4.78 is 5.85. The third kappa shape index (κ3) is 4.30. The van der Waals surface area contributed by atoms with Gasteiger partial charge in [-0.05, 0) is 32.0 Å². The molecule has 0 bridgehead atoms. The Kier molecular flexibility index (Phi) is 5.15. The van der Waals surface area contributed by atoms with Gasteiger partial charge in [0.25, 0.3) is 0 Å². The fraction of sp³-hybridized carbons (Fsp3) is 0.667. The monoisotopic (exact) mass is 250 g/mol. The molecule has 1 heterocycles. The van der Waals surface area contributed by atoms with E-state index in [2.05, 4.69) is 51.0 Å². The van der Waals surface area contributed by atoms with E-state index in [1.165, 1.54) is 5.56 Å². The van der Waals surface area contributed by atoms with Crippen molar-refractivity contribution in [2.75, 3.05) is 7.05 Å². The number of hydrogen-bond acceptors (Lipinski definition) is 3. The number of ether oxygens (including phenoxy) is 1. The highest BCUT2D eigenvalue weighted by atomic mass is 16.5. The molecule has 0 spiro atoms. The first-order chi connectivity index (χ1) is 8.36. The predicted octanol–water partition coefficient (Wildman–Crippen LogP) is 3.28. The van der Waals surface area contributed by atoms with Crippen LogP contribution in [0.2, 0.25) is 0 Å². The lowest BCUT2D eigenvalue weighted by Gasteiger charge is -2.21. The Morgan fingerprint density at radius 1 is 1.33 bits per heavy atom. The van der Waals surface area contributed by atoms with E-state index in [1.807, 2.05) is 13.1 Å². The van der Waals surface area contributed by atoms with Gasteiger partial charge in [-0.25, -0.2) is 4.98 Å². The Morgan fingerprint density at radius 2 is 2.00 bits per heavy atom. The van der Waals surface area contributed by atoms with Crippen LogP contribution in [0.25, 0.3) is 0 Å². The summed E-state index contributed by atoms with van der Waals surface area (Å²) in [5.74, 6) is 0.738. The third-order valence-electron chi connectivity index (χ3n) is 2.91. The summed E-state index contributed by atoms with van der Waals surface area (Å²) in [6, 6.07) is 4.18. The number of hydrogen-bond donors (Lipinski definition) is 1. The number of nitrogens with one attached hydrogen (secondary N) is 1. The molecule has 1 unspecified atom stereocenters. The first-order valence-corrected chi connectivity index (χ1v) is 6.69. The molecule has 0 aliphatic rings. The molecule has 0 amide bonds. The Labute approximate surface area is 111 Å². The smallest absolute Gasteiger partial charge is 0.214 e. The first kappa shape index (κ1) is 15.0. The van der Waals surface area contributed by atoms with Crippen molar-refractivity contribution in [1.82, 2.24) is 10.3 Å². The molecule has 0 aromatic carbocycles. The van der Waals surface area contributed by atoms with Gasteiger partial charge >= 0.3 is 0 Å². The number of aromatic nitrogens is 1. The number of pyridine rings is 1. The highest BCUT2D eigenvalue weighted by molar-refractivity contribution is 5.28. The van der Waals surface area contributed by atoms with Gasteiger partial charge in [-0.3, -0.25) is 0 Å². The Balaban J connectivity index is 3.06. The first-order valence-electron chi connectivity index (χ1n) is 6.69. The average molecular weight is 250 g/mol. The van der Waals surface area contributed by atoms with E-state index in [9.17, 15) is 0 Å². The molecule has 3 nitrogen and oxygen atoms in total. The Morgan fingerprint density at radius 3 is 2.50 bits per heavy atom. The van der Waals surface area contributed by atoms with Gasteiger partial charge in [0.1, 0.15) is 0 Å². The van der Waals surface area contributed by atoms with Crippen LogP contribution in [0.1, 0.15) is 52.3 Å². The maximum atomic E-state index is 5.85. The van der Waals surface area contributed by atoms with Crippen LogP contribution < -0.4 is 10.1 Å². The zero-order chi connectivity index (χ0) is 13.8. The molecule has 102 valence electrons. The van der Waals surface area contributed by atoms with Crippen LogP contribution in [0.5, 0.6) is 5.88 Å². The summed E-state index contributed by atoms with van der Waals surface area (Å²) in [5.41, 5.74) is 2.33. The molecule has 3 heteroatoms. The van der Waals surface area contributed by atoms with E-state index in [0.717, 1.165) is 24.5 Å². The topological polar surface area (TPSA) is 34.1 Å². The minimum absolute atomic E-state index is 0.0390. The van der Waals surface area contributed by atoms with Gasteiger partial charge in [0.05, 0.1) is 11.8 Å².